The SMILES string of the molecule is O=C(N/N=C\c1ccc(-c2ccc([N+](=O)[O-])cc2Cl)o1)C1CC1. The predicted octanol–water partition coefficient (Wildman–Crippen LogP) is 3.37. The Bertz CT molecular complexity index is 796. The Balaban J connectivity index is 1.72. The molecule has 0 bridgehead atoms. The third-order valence-corrected chi connectivity index (χ3v) is 3.68. The van der Waals surface area contributed by atoms with Gasteiger partial charge in [0.1, 0.15) is 11.5 Å². The lowest BCUT2D eigenvalue weighted by molar-refractivity contribution is -0.384. The molecule has 1 fully saturated rings. The van der Waals surface area contributed by atoms with E-state index in [0.29, 0.717) is 17.1 Å². The monoisotopic (exact) mass is 333 g/mol. The van der Waals surface area contributed by atoms with E-state index >= 15 is 0 Å². The van der Waals surface area contributed by atoms with Gasteiger partial charge in [-0.3, -0.25) is 14.9 Å². The second kappa shape index (κ2) is 6.21. The molecule has 1 heterocycles. The number of nitrogens with zero attached hydrogens (tertiary/aromatic N) is 2. The minimum absolute atomic E-state index is 0.0817. The van der Waals surface area contributed by atoms with Gasteiger partial charge < -0.3 is 4.42 Å². The molecule has 1 aliphatic rings. The molecule has 1 aromatic heterocycles. The van der Waals surface area contributed by atoms with E-state index in [2.05, 4.69) is 10.5 Å². The fourth-order valence-electron chi connectivity index (χ4n) is 1.98. The molecule has 0 aliphatic heterocycles. The highest BCUT2D eigenvalue weighted by Gasteiger charge is 2.29. The lowest BCUT2D eigenvalue weighted by Gasteiger charge is -2.00. The van der Waals surface area contributed by atoms with Gasteiger partial charge in [-0.1, -0.05) is 11.6 Å². The molecule has 2 aromatic rings. The first-order chi connectivity index (χ1) is 11.0. The molecule has 3 rings (SSSR count). The maximum Gasteiger partial charge on any atom is 0.270 e. The van der Waals surface area contributed by atoms with Crippen molar-refractivity contribution in [1.82, 2.24) is 5.43 Å². The van der Waals surface area contributed by atoms with Crippen molar-refractivity contribution < 1.29 is 14.1 Å². The van der Waals surface area contributed by atoms with Crippen LogP contribution in [0, 0.1) is 16.0 Å². The fourth-order valence-corrected chi connectivity index (χ4v) is 2.25. The lowest BCUT2D eigenvalue weighted by Crippen LogP contribution is -2.18. The van der Waals surface area contributed by atoms with Crippen LogP contribution in [0.15, 0.2) is 39.9 Å². The number of hydrazone groups is 1. The maximum absolute atomic E-state index is 11.4. The molecular weight excluding hydrogens is 322 g/mol. The number of nitro benzene ring substituents is 1. The summed E-state index contributed by atoms with van der Waals surface area (Å²) >= 11 is 6.05. The number of furan rings is 1. The minimum atomic E-state index is -0.515. The van der Waals surface area contributed by atoms with Crippen molar-refractivity contribution in [3.05, 3.63) is 51.2 Å². The fraction of sp³-hybridized carbons (Fsp3) is 0.200. The number of rotatable bonds is 5. The second-order valence-electron chi connectivity index (χ2n) is 5.13. The van der Waals surface area contributed by atoms with E-state index < -0.39 is 4.92 Å². The number of carbonyl (C=O) groups excluding carboxylic acids is 1. The molecule has 23 heavy (non-hydrogen) atoms. The van der Waals surface area contributed by atoms with Crippen molar-refractivity contribution in [2.24, 2.45) is 11.0 Å². The van der Waals surface area contributed by atoms with E-state index in [9.17, 15) is 14.9 Å². The van der Waals surface area contributed by atoms with E-state index in [1.54, 1.807) is 12.1 Å². The van der Waals surface area contributed by atoms with E-state index in [1.165, 1.54) is 24.4 Å². The Morgan fingerprint density at radius 2 is 2.17 bits per heavy atom. The van der Waals surface area contributed by atoms with Crippen LogP contribution in [-0.4, -0.2) is 17.0 Å². The molecule has 0 atom stereocenters. The van der Waals surface area contributed by atoms with Crippen molar-refractivity contribution >= 4 is 29.4 Å². The Kier molecular flexibility index (Phi) is 4.12. The van der Waals surface area contributed by atoms with Gasteiger partial charge in [0, 0.05) is 23.6 Å². The Labute approximate surface area is 136 Å². The highest BCUT2D eigenvalue weighted by Crippen LogP contribution is 2.32. The molecule has 0 saturated heterocycles. The topological polar surface area (TPSA) is 97.7 Å². The first-order valence-corrected chi connectivity index (χ1v) is 7.29. The molecule has 1 aliphatic carbocycles. The summed E-state index contributed by atoms with van der Waals surface area (Å²) in [6, 6.07) is 7.49. The number of benzene rings is 1. The third kappa shape index (κ3) is 3.57. The normalized spacial score (nSPS) is 14.1. The molecule has 0 radical (unpaired) electrons. The first kappa shape index (κ1) is 15.2. The second-order valence-corrected chi connectivity index (χ2v) is 5.54. The molecule has 7 nitrogen and oxygen atoms in total. The molecule has 8 heteroatoms. The predicted molar refractivity (Wildman–Crippen MR) is 84.3 cm³/mol. The maximum atomic E-state index is 11.4. The summed E-state index contributed by atoms with van der Waals surface area (Å²) in [7, 11) is 0. The highest BCUT2D eigenvalue weighted by atomic mass is 35.5. The minimum Gasteiger partial charge on any atom is -0.455 e. The molecule has 0 spiro atoms. The van der Waals surface area contributed by atoms with Gasteiger partial charge in [0.15, 0.2) is 0 Å². The van der Waals surface area contributed by atoms with E-state index in [0.717, 1.165) is 12.8 Å². The first-order valence-electron chi connectivity index (χ1n) is 6.91. The van der Waals surface area contributed by atoms with Gasteiger partial charge in [-0.2, -0.15) is 5.10 Å². The number of carbonyl (C=O) groups is 1. The van der Waals surface area contributed by atoms with Crippen LogP contribution in [0.25, 0.3) is 11.3 Å². The smallest absolute Gasteiger partial charge is 0.270 e. The van der Waals surface area contributed by atoms with Crippen LogP contribution >= 0.6 is 11.6 Å². The number of nitrogens with one attached hydrogen (secondary N) is 1. The molecule has 118 valence electrons. The average Bonchev–Trinajstić information content (AvgIpc) is 3.27. The quantitative estimate of drug-likeness (QED) is 0.515. The van der Waals surface area contributed by atoms with Crippen LogP contribution in [0.5, 0.6) is 0 Å². The number of nitro groups is 1. The van der Waals surface area contributed by atoms with Crippen molar-refractivity contribution in [3.8, 4) is 11.3 Å². The van der Waals surface area contributed by atoms with Crippen molar-refractivity contribution in [2.75, 3.05) is 0 Å². The number of amides is 1. The van der Waals surface area contributed by atoms with Crippen molar-refractivity contribution in [2.45, 2.75) is 12.8 Å². The van der Waals surface area contributed by atoms with Crippen LogP contribution in [0.4, 0.5) is 5.69 Å². The van der Waals surface area contributed by atoms with Gasteiger partial charge in [0.25, 0.3) is 5.69 Å². The van der Waals surface area contributed by atoms with Gasteiger partial charge in [0.2, 0.25) is 5.91 Å². The van der Waals surface area contributed by atoms with Gasteiger partial charge in [-0.05, 0) is 31.0 Å². The average molecular weight is 334 g/mol. The zero-order valence-corrected chi connectivity index (χ0v) is 12.6. The third-order valence-electron chi connectivity index (χ3n) is 3.37. The van der Waals surface area contributed by atoms with Crippen molar-refractivity contribution in [3.63, 3.8) is 0 Å². The summed E-state index contributed by atoms with van der Waals surface area (Å²) < 4.78 is 5.55. The van der Waals surface area contributed by atoms with Crippen LogP contribution in [0.1, 0.15) is 18.6 Å². The Morgan fingerprint density at radius 1 is 1.39 bits per heavy atom. The van der Waals surface area contributed by atoms with E-state index in [4.69, 9.17) is 16.0 Å². The zero-order chi connectivity index (χ0) is 16.4. The Hall–Kier alpha value is -2.67. The highest BCUT2D eigenvalue weighted by molar-refractivity contribution is 6.33. The van der Waals surface area contributed by atoms with E-state index in [1.807, 2.05) is 0 Å². The molecule has 1 N–H and O–H groups in total. The number of non-ortho nitro benzene ring substituents is 1. The van der Waals surface area contributed by atoms with Crippen molar-refractivity contribution in [1.29, 1.82) is 0 Å². The zero-order valence-electron chi connectivity index (χ0n) is 11.9. The summed E-state index contributed by atoms with van der Waals surface area (Å²) in [6.07, 6.45) is 3.21. The largest absolute Gasteiger partial charge is 0.455 e. The number of halogens is 1. The molecule has 0 unspecified atom stereocenters. The van der Waals surface area contributed by atoms with Gasteiger partial charge in [0.05, 0.1) is 16.2 Å². The molecular formula is C15H12ClN3O4. The summed E-state index contributed by atoms with van der Waals surface area (Å²) in [6.45, 7) is 0. The lowest BCUT2D eigenvalue weighted by atomic mass is 10.1. The molecule has 1 amide bonds. The molecule has 1 aromatic carbocycles. The van der Waals surface area contributed by atoms with Crippen LogP contribution in [0.2, 0.25) is 5.02 Å². The summed E-state index contributed by atoms with van der Waals surface area (Å²) in [4.78, 5) is 21.6. The standard InChI is InChI=1S/C15H12ClN3O4/c16-13-7-10(19(21)22)3-5-12(13)14-6-4-11(23-14)8-17-18-15(20)9-1-2-9/h3-9H,1-2H2,(H,18,20)/b17-8-. The van der Waals surface area contributed by atoms with Crippen LogP contribution < -0.4 is 5.43 Å². The van der Waals surface area contributed by atoms with Crippen LogP contribution in [0.3, 0.4) is 0 Å². The number of hydrogen-bond donors (Lipinski definition) is 1. The Morgan fingerprint density at radius 3 is 2.83 bits per heavy atom. The molecule has 1 saturated carbocycles. The van der Waals surface area contributed by atoms with Gasteiger partial charge in [-0.25, -0.2) is 5.43 Å². The van der Waals surface area contributed by atoms with Gasteiger partial charge in [-0.15, -0.1) is 0 Å². The van der Waals surface area contributed by atoms with Crippen LogP contribution in [-0.2, 0) is 4.79 Å². The van der Waals surface area contributed by atoms with E-state index in [-0.39, 0.29) is 22.5 Å². The summed E-state index contributed by atoms with van der Waals surface area (Å²) in [5, 5.41) is 14.8. The summed E-state index contributed by atoms with van der Waals surface area (Å²) in [5.74, 6) is 0.884. The van der Waals surface area contributed by atoms with Gasteiger partial charge >= 0.3 is 0 Å². The number of hydrogen-bond acceptors (Lipinski definition) is 5. The summed E-state index contributed by atoms with van der Waals surface area (Å²) in [5.41, 5.74) is 2.90.